The maximum atomic E-state index is 12.5. The molecule has 6 heteroatoms. The molecule has 0 fully saturated rings. The van der Waals surface area contributed by atoms with Gasteiger partial charge >= 0.3 is 0 Å². The van der Waals surface area contributed by atoms with Gasteiger partial charge in [-0.25, -0.2) is 0 Å². The van der Waals surface area contributed by atoms with E-state index in [1.807, 2.05) is 61.5 Å². The molecule has 26 heavy (non-hydrogen) atoms. The number of hydrazone groups is 1. The molecule has 0 saturated carbocycles. The van der Waals surface area contributed by atoms with E-state index < -0.39 is 10.0 Å². The lowest BCUT2D eigenvalue weighted by Crippen LogP contribution is -2.21. The molecular weight excluding hydrogens is 412 g/mol. The number of halogens is 1. The quantitative estimate of drug-likeness (QED) is 0.480. The highest BCUT2D eigenvalue weighted by Gasteiger charge is 2.14. The molecule has 0 amide bonds. The third-order valence-corrected chi connectivity index (χ3v) is 5.53. The molecule has 1 N–H and O–H groups in total. The van der Waals surface area contributed by atoms with Crippen molar-refractivity contribution in [3.63, 3.8) is 0 Å². The molecule has 0 spiro atoms. The van der Waals surface area contributed by atoms with Crippen LogP contribution in [-0.2, 0) is 10.0 Å². The minimum atomic E-state index is -3.74. The fourth-order valence-corrected chi connectivity index (χ4v) is 3.45. The Morgan fingerprint density at radius 1 is 0.846 bits per heavy atom. The van der Waals surface area contributed by atoms with Crippen LogP contribution in [-0.4, -0.2) is 14.1 Å². The molecule has 0 saturated heterocycles. The highest BCUT2D eigenvalue weighted by Crippen LogP contribution is 2.16. The van der Waals surface area contributed by atoms with Crippen molar-refractivity contribution in [2.75, 3.05) is 0 Å². The molecule has 0 aliphatic carbocycles. The minimum absolute atomic E-state index is 0.176. The Labute approximate surface area is 161 Å². The zero-order chi connectivity index (χ0) is 18.6. The molecule has 3 rings (SSSR count). The van der Waals surface area contributed by atoms with Gasteiger partial charge in [0.15, 0.2) is 0 Å². The smallest absolute Gasteiger partial charge is 0.200 e. The summed E-state index contributed by atoms with van der Waals surface area (Å²) in [5, 5.41) is 4.23. The van der Waals surface area contributed by atoms with E-state index in [9.17, 15) is 8.42 Å². The maximum Gasteiger partial charge on any atom is 0.276 e. The Morgan fingerprint density at radius 2 is 1.42 bits per heavy atom. The zero-order valence-corrected chi connectivity index (χ0v) is 16.5. The third-order valence-electron chi connectivity index (χ3n) is 3.77. The fourth-order valence-electron chi connectivity index (χ4n) is 2.38. The van der Waals surface area contributed by atoms with E-state index in [2.05, 4.69) is 25.9 Å². The van der Waals surface area contributed by atoms with Crippen LogP contribution in [0.1, 0.15) is 16.7 Å². The van der Waals surface area contributed by atoms with Gasteiger partial charge in [0.2, 0.25) is 0 Å². The van der Waals surface area contributed by atoms with Crippen molar-refractivity contribution in [3.05, 3.63) is 100 Å². The molecule has 4 nitrogen and oxygen atoms in total. The maximum absolute atomic E-state index is 12.5. The van der Waals surface area contributed by atoms with Gasteiger partial charge in [-0.2, -0.15) is 18.4 Å². The van der Waals surface area contributed by atoms with Crippen LogP contribution in [0.4, 0.5) is 0 Å². The molecule has 0 aromatic heterocycles. The first-order chi connectivity index (χ1) is 12.5. The van der Waals surface area contributed by atoms with Crippen LogP contribution in [0, 0.1) is 6.92 Å². The monoisotopic (exact) mass is 428 g/mol. The molecule has 0 unspecified atom stereocenters. The lowest BCUT2D eigenvalue weighted by Gasteiger charge is -2.09. The average molecular weight is 429 g/mol. The van der Waals surface area contributed by atoms with Crippen LogP contribution in [0.15, 0.2) is 93.3 Å². The Balaban J connectivity index is 1.99. The SMILES string of the molecule is Cc1ccc(S(=O)(=O)N/N=C(/c2ccccc2)c2ccc(Br)cc2)cc1. The first-order valence-corrected chi connectivity index (χ1v) is 10.2. The lowest BCUT2D eigenvalue weighted by atomic mass is 10.0. The average Bonchev–Trinajstić information content (AvgIpc) is 2.64. The number of benzene rings is 3. The molecule has 3 aromatic carbocycles. The van der Waals surface area contributed by atoms with Gasteiger partial charge in [0, 0.05) is 15.6 Å². The molecular formula is C20H17BrN2O2S. The third kappa shape index (κ3) is 4.39. The van der Waals surface area contributed by atoms with E-state index in [0.29, 0.717) is 5.71 Å². The zero-order valence-electron chi connectivity index (χ0n) is 14.1. The van der Waals surface area contributed by atoms with Crippen molar-refractivity contribution >= 4 is 31.7 Å². The van der Waals surface area contributed by atoms with Gasteiger partial charge in [-0.05, 0) is 31.2 Å². The van der Waals surface area contributed by atoms with Gasteiger partial charge in [0.1, 0.15) is 0 Å². The summed E-state index contributed by atoms with van der Waals surface area (Å²) in [7, 11) is -3.74. The number of hydrogen-bond donors (Lipinski definition) is 1. The van der Waals surface area contributed by atoms with Gasteiger partial charge in [0.25, 0.3) is 10.0 Å². The van der Waals surface area contributed by atoms with E-state index in [4.69, 9.17) is 0 Å². The summed E-state index contributed by atoms with van der Waals surface area (Å²) in [5.74, 6) is 0. The summed E-state index contributed by atoms with van der Waals surface area (Å²) >= 11 is 3.41. The van der Waals surface area contributed by atoms with Crippen molar-refractivity contribution < 1.29 is 8.42 Å². The van der Waals surface area contributed by atoms with Crippen LogP contribution < -0.4 is 4.83 Å². The second-order valence-corrected chi connectivity index (χ2v) is 8.32. The number of aryl methyl sites for hydroxylation is 1. The van der Waals surface area contributed by atoms with Crippen molar-refractivity contribution in [2.24, 2.45) is 5.10 Å². The van der Waals surface area contributed by atoms with E-state index >= 15 is 0 Å². The first-order valence-electron chi connectivity index (χ1n) is 7.93. The van der Waals surface area contributed by atoms with Crippen LogP contribution in [0.5, 0.6) is 0 Å². The summed E-state index contributed by atoms with van der Waals surface area (Å²) in [5.41, 5.74) is 3.17. The molecule has 0 aliphatic heterocycles. The van der Waals surface area contributed by atoms with E-state index in [1.54, 1.807) is 24.3 Å². The van der Waals surface area contributed by atoms with Gasteiger partial charge < -0.3 is 0 Å². The van der Waals surface area contributed by atoms with Crippen LogP contribution >= 0.6 is 15.9 Å². The van der Waals surface area contributed by atoms with Crippen LogP contribution in [0.3, 0.4) is 0 Å². The van der Waals surface area contributed by atoms with E-state index in [0.717, 1.165) is 21.2 Å². The summed E-state index contributed by atoms with van der Waals surface area (Å²) in [6, 6.07) is 23.6. The number of nitrogens with one attached hydrogen (secondary N) is 1. The number of nitrogens with zero attached hydrogens (tertiary/aromatic N) is 1. The van der Waals surface area contributed by atoms with Gasteiger partial charge in [-0.15, -0.1) is 0 Å². The molecule has 0 radical (unpaired) electrons. The minimum Gasteiger partial charge on any atom is -0.200 e. The van der Waals surface area contributed by atoms with Crippen molar-refractivity contribution in [1.82, 2.24) is 4.83 Å². The summed E-state index contributed by atoms with van der Waals surface area (Å²) in [4.78, 5) is 2.53. The first kappa shape index (κ1) is 18.4. The topological polar surface area (TPSA) is 58.5 Å². The number of rotatable bonds is 5. The van der Waals surface area contributed by atoms with Crippen molar-refractivity contribution in [2.45, 2.75) is 11.8 Å². The lowest BCUT2D eigenvalue weighted by molar-refractivity contribution is 0.584. The fraction of sp³-hybridized carbons (Fsp3) is 0.0500. The molecule has 0 aliphatic rings. The Hall–Kier alpha value is -2.44. The normalized spacial score (nSPS) is 12.0. The summed E-state index contributed by atoms with van der Waals surface area (Å²) in [6.07, 6.45) is 0. The standard InChI is InChI=1S/C20H17BrN2O2S/c1-15-7-13-19(14-8-15)26(24,25)23-22-20(16-5-3-2-4-6-16)17-9-11-18(21)12-10-17/h2-14,23H,1H3/b22-20-. The predicted molar refractivity (Wildman–Crippen MR) is 108 cm³/mol. The Morgan fingerprint density at radius 3 is 2.04 bits per heavy atom. The molecule has 3 aromatic rings. The van der Waals surface area contributed by atoms with Crippen LogP contribution in [0.2, 0.25) is 0 Å². The molecule has 0 bridgehead atoms. The van der Waals surface area contributed by atoms with E-state index in [-0.39, 0.29) is 4.90 Å². The predicted octanol–water partition coefficient (Wildman–Crippen LogP) is 4.49. The second-order valence-electron chi connectivity index (χ2n) is 5.74. The molecule has 0 heterocycles. The van der Waals surface area contributed by atoms with E-state index in [1.165, 1.54) is 0 Å². The van der Waals surface area contributed by atoms with Gasteiger partial charge in [-0.3, -0.25) is 0 Å². The summed E-state index contributed by atoms with van der Waals surface area (Å²) in [6.45, 7) is 1.91. The van der Waals surface area contributed by atoms with Crippen molar-refractivity contribution in [1.29, 1.82) is 0 Å². The Bertz CT molecular complexity index is 1010. The highest BCUT2D eigenvalue weighted by molar-refractivity contribution is 9.10. The van der Waals surface area contributed by atoms with Crippen LogP contribution in [0.25, 0.3) is 0 Å². The van der Waals surface area contributed by atoms with Gasteiger partial charge in [0.05, 0.1) is 10.6 Å². The number of hydrogen-bond acceptors (Lipinski definition) is 3. The van der Waals surface area contributed by atoms with Gasteiger partial charge in [-0.1, -0.05) is 76.1 Å². The van der Waals surface area contributed by atoms with Crippen molar-refractivity contribution in [3.8, 4) is 0 Å². The largest absolute Gasteiger partial charge is 0.276 e. The number of sulfonamides is 1. The molecule has 0 atom stereocenters. The molecule has 132 valence electrons. The highest BCUT2D eigenvalue weighted by atomic mass is 79.9. The second kappa shape index (κ2) is 7.85. The summed E-state index contributed by atoms with van der Waals surface area (Å²) < 4.78 is 26.0. The Kier molecular flexibility index (Phi) is 5.54.